The van der Waals surface area contributed by atoms with E-state index in [1.807, 2.05) is 7.05 Å². The Balaban J connectivity index is 2.29. The Hall–Kier alpha value is -0.680. The van der Waals surface area contributed by atoms with Gasteiger partial charge in [0.25, 0.3) is 0 Å². The van der Waals surface area contributed by atoms with Gasteiger partial charge in [0.05, 0.1) is 19.3 Å². The van der Waals surface area contributed by atoms with Crippen LogP contribution in [0.15, 0.2) is 18.2 Å². The van der Waals surface area contributed by atoms with E-state index in [1.165, 1.54) is 6.07 Å². The summed E-state index contributed by atoms with van der Waals surface area (Å²) < 4.78 is 19.6. The Morgan fingerprint density at radius 2 is 2.00 bits per heavy atom. The Labute approximate surface area is 125 Å². The van der Waals surface area contributed by atoms with Gasteiger partial charge in [-0.3, -0.25) is 4.90 Å². The molecule has 0 radical (unpaired) electrons. The average Bonchev–Trinajstić information content (AvgIpc) is 2.43. The number of likely N-dealkylation sites (N-methyl/N-ethyl adjacent to an activating group) is 1. The van der Waals surface area contributed by atoms with Crippen molar-refractivity contribution in [1.29, 1.82) is 0 Å². The van der Waals surface area contributed by atoms with Crippen LogP contribution in [-0.4, -0.2) is 43.8 Å². The molecule has 5 heteroatoms. The highest BCUT2D eigenvalue weighted by atomic mass is 35.5. The molecule has 1 unspecified atom stereocenters. The van der Waals surface area contributed by atoms with Crippen molar-refractivity contribution in [3.8, 4) is 0 Å². The molecule has 0 spiro atoms. The number of ether oxygens (including phenoxy) is 1. The molecule has 112 valence electrons. The van der Waals surface area contributed by atoms with Gasteiger partial charge in [-0.1, -0.05) is 17.7 Å². The fraction of sp³-hybridized carbons (Fsp3) is 0.600. The van der Waals surface area contributed by atoms with Crippen LogP contribution in [0.25, 0.3) is 0 Å². The van der Waals surface area contributed by atoms with Crippen LogP contribution < -0.4 is 5.32 Å². The van der Waals surface area contributed by atoms with Crippen molar-refractivity contribution < 1.29 is 9.13 Å². The van der Waals surface area contributed by atoms with Crippen molar-refractivity contribution in [2.75, 3.05) is 33.4 Å². The normalized spacial score (nSPS) is 19.1. The van der Waals surface area contributed by atoms with E-state index in [-0.39, 0.29) is 17.4 Å². The van der Waals surface area contributed by atoms with Gasteiger partial charge in [-0.2, -0.15) is 0 Å². The van der Waals surface area contributed by atoms with Gasteiger partial charge in [0.2, 0.25) is 0 Å². The topological polar surface area (TPSA) is 24.5 Å². The van der Waals surface area contributed by atoms with Crippen LogP contribution in [0.3, 0.4) is 0 Å². The lowest BCUT2D eigenvalue weighted by molar-refractivity contribution is -0.0233. The molecule has 1 aromatic carbocycles. The summed E-state index contributed by atoms with van der Waals surface area (Å²) >= 11 is 5.84. The fourth-order valence-corrected chi connectivity index (χ4v) is 3.11. The minimum atomic E-state index is -0.266. The van der Waals surface area contributed by atoms with Gasteiger partial charge >= 0.3 is 0 Å². The van der Waals surface area contributed by atoms with Crippen LogP contribution in [0.2, 0.25) is 5.02 Å². The molecule has 1 aliphatic heterocycles. The lowest BCUT2D eigenvalue weighted by atomic mass is 9.86. The molecule has 20 heavy (non-hydrogen) atoms. The summed E-state index contributed by atoms with van der Waals surface area (Å²) in [4.78, 5) is 2.34. The number of nitrogens with one attached hydrogen (secondary N) is 1. The maximum Gasteiger partial charge on any atom is 0.129 e. The number of benzene rings is 1. The summed E-state index contributed by atoms with van der Waals surface area (Å²) in [6.45, 7) is 7.44. The molecule has 0 aromatic heterocycles. The fourth-order valence-electron chi connectivity index (χ4n) is 2.95. The third kappa shape index (κ3) is 3.14. The van der Waals surface area contributed by atoms with Gasteiger partial charge in [-0.25, -0.2) is 4.39 Å². The lowest BCUT2D eigenvalue weighted by Crippen LogP contribution is -2.55. The molecule has 0 aliphatic carbocycles. The lowest BCUT2D eigenvalue weighted by Gasteiger charge is -2.46. The van der Waals surface area contributed by atoms with Crippen molar-refractivity contribution in [3.05, 3.63) is 34.6 Å². The first-order valence-corrected chi connectivity index (χ1v) is 7.29. The first-order chi connectivity index (χ1) is 9.46. The molecule has 2 rings (SSSR count). The molecule has 0 saturated carbocycles. The minimum Gasteiger partial charge on any atom is -0.379 e. The van der Waals surface area contributed by atoms with Gasteiger partial charge in [0, 0.05) is 29.2 Å². The van der Waals surface area contributed by atoms with E-state index >= 15 is 0 Å². The SMILES string of the molecule is CNC(c1ccc(Cl)cc1F)C(C)(C)N1CCOCC1. The molecular formula is C15H22ClFN2O. The van der Waals surface area contributed by atoms with Crippen LogP contribution >= 0.6 is 11.6 Å². The molecule has 1 atom stereocenters. The van der Waals surface area contributed by atoms with E-state index in [1.54, 1.807) is 12.1 Å². The smallest absolute Gasteiger partial charge is 0.129 e. The van der Waals surface area contributed by atoms with E-state index in [9.17, 15) is 4.39 Å². The van der Waals surface area contributed by atoms with Crippen molar-refractivity contribution in [2.45, 2.75) is 25.4 Å². The summed E-state index contributed by atoms with van der Waals surface area (Å²) in [7, 11) is 1.86. The number of hydrogen-bond acceptors (Lipinski definition) is 3. The molecule has 0 bridgehead atoms. The first-order valence-electron chi connectivity index (χ1n) is 6.92. The first kappa shape index (κ1) is 15.7. The molecule has 1 aliphatic rings. The zero-order chi connectivity index (χ0) is 14.8. The predicted molar refractivity (Wildman–Crippen MR) is 79.7 cm³/mol. The summed E-state index contributed by atoms with van der Waals surface area (Å²) in [5.74, 6) is -0.266. The summed E-state index contributed by atoms with van der Waals surface area (Å²) in [5, 5.41) is 3.67. The third-order valence-corrected chi connectivity index (χ3v) is 4.33. The Morgan fingerprint density at radius 1 is 1.35 bits per heavy atom. The molecule has 3 nitrogen and oxygen atoms in total. The van der Waals surface area contributed by atoms with Crippen molar-refractivity contribution in [2.24, 2.45) is 0 Å². The highest BCUT2D eigenvalue weighted by Crippen LogP contribution is 2.33. The number of rotatable bonds is 4. The predicted octanol–water partition coefficient (Wildman–Crippen LogP) is 2.85. The zero-order valence-electron chi connectivity index (χ0n) is 12.2. The molecule has 1 saturated heterocycles. The minimum absolute atomic E-state index is 0.113. The van der Waals surface area contributed by atoms with E-state index in [4.69, 9.17) is 16.3 Å². The molecule has 1 N–H and O–H groups in total. The molecule has 0 amide bonds. The zero-order valence-corrected chi connectivity index (χ0v) is 13.0. The Bertz CT molecular complexity index is 461. The summed E-state index contributed by atoms with van der Waals surface area (Å²) in [6.07, 6.45) is 0. The van der Waals surface area contributed by atoms with Crippen LogP contribution in [0.5, 0.6) is 0 Å². The highest BCUT2D eigenvalue weighted by molar-refractivity contribution is 6.30. The standard InChI is InChI=1S/C15H22ClFN2O/c1-15(2,19-6-8-20-9-7-19)14(18-3)12-5-4-11(16)10-13(12)17/h4-5,10,14,18H,6-9H2,1-3H3. The Morgan fingerprint density at radius 3 is 2.55 bits per heavy atom. The van der Waals surface area contributed by atoms with Crippen LogP contribution in [0.4, 0.5) is 4.39 Å². The van der Waals surface area contributed by atoms with Gasteiger partial charge in [0.15, 0.2) is 0 Å². The molecule has 1 fully saturated rings. The molecular weight excluding hydrogens is 279 g/mol. The van der Waals surface area contributed by atoms with E-state index < -0.39 is 0 Å². The largest absolute Gasteiger partial charge is 0.379 e. The van der Waals surface area contributed by atoms with Crippen LogP contribution in [0, 0.1) is 5.82 Å². The van der Waals surface area contributed by atoms with E-state index in [0.717, 1.165) is 26.3 Å². The molecule has 1 heterocycles. The quantitative estimate of drug-likeness (QED) is 0.925. The second kappa shape index (κ2) is 6.39. The number of hydrogen-bond donors (Lipinski definition) is 1. The van der Waals surface area contributed by atoms with Crippen LogP contribution in [-0.2, 0) is 4.74 Å². The Kier molecular flexibility index (Phi) is 5.02. The second-order valence-corrected chi connectivity index (χ2v) is 6.08. The number of morpholine rings is 1. The average molecular weight is 301 g/mol. The number of nitrogens with zero attached hydrogens (tertiary/aromatic N) is 1. The van der Waals surface area contributed by atoms with E-state index in [2.05, 4.69) is 24.1 Å². The van der Waals surface area contributed by atoms with E-state index in [0.29, 0.717) is 10.6 Å². The summed E-state index contributed by atoms with van der Waals surface area (Å²) in [6, 6.07) is 4.76. The molecule has 1 aromatic rings. The summed E-state index contributed by atoms with van der Waals surface area (Å²) in [5.41, 5.74) is 0.432. The van der Waals surface area contributed by atoms with Crippen molar-refractivity contribution in [1.82, 2.24) is 10.2 Å². The highest BCUT2D eigenvalue weighted by Gasteiger charge is 2.37. The van der Waals surface area contributed by atoms with Gasteiger partial charge in [0.1, 0.15) is 5.82 Å². The van der Waals surface area contributed by atoms with Gasteiger partial charge in [-0.05, 0) is 33.0 Å². The maximum atomic E-state index is 14.2. The monoisotopic (exact) mass is 300 g/mol. The van der Waals surface area contributed by atoms with Crippen molar-refractivity contribution >= 4 is 11.6 Å². The van der Waals surface area contributed by atoms with Crippen molar-refractivity contribution in [3.63, 3.8) is 0 Å². The third-order valence-electron chi connectivity index (χ3n) is 4.09. The maximum absolute atomic E-state index is 14.2. The van der Waals surface area contributed by atoms with Gasteiger partial charge < -0.3 is 10.1 Å². The van der Waals surface area contributed by atoms with Crippen LogP contribution in [0.1, 0.15) is 25.5 Å². The second-order valence-electron chi connectivity index (χ2n) is 5.64. The van der Waals surface area contributed by atoms with Gasteiger partial charge in [-0.15, -0.1) is 0 Å². The number of halogens is 2.